The molecule has 12 heavy (non-hydrogen) atoms. The lowest BCUT2D eigenvalue weighted by Crippen LogP contribution is -1.82. The summed E-state index contributed by atoms with van der Waals surface area (Å²) >= 11 is 14.8. The first-order valence-corrected chi connectivity index (χ1v) is 4.70. The van der Waals surface area contributed by atoms with Gasteiger partial charge < -0.3 is 0 Å². The van der Waals surface area contributed by atoms with Crippen LogP contribution in [0.3, 0.4) is 0 Å². The Hall–Kier alpha value is -0.230. The van der Waals surface area contributed by atoms with Crippen molar-refractivity contribution in [2.45, 2.75) is 6.42 Å². The molecular formula is C8H4BrCl2N. The van der Waals surface area contributed by atoms with Crippen molar-refractivity contribution in [3.8, 4) is 6.07 Å². The summed E-state index contributed by atoms with van der Waals surface area (Å²) in [6.07, 6.45) is 0.326. The quantitative estimate of drug-likeness (QED) is 0.708. The normalized spacial score (nSPS) is 9.50. The van der Waals surface area contributed by atoms with Crippen LogP contribution in [0.15, 0.2) is 16.6 Å². The lowest BCUT2D eigenvalue weighted by atomic mass is 10.2. The number of nitriles is 1. The Kier molecular flexibility index (Phi) is 3.39. The molecule has 1 aromatic carbocycles. The Morgan fingerprint density at radius 1 is 1.33 bits per heavy atom. The summed E-state index contributed by atoms with van der Waals surface area (Å²) in [6.45, 7) is 0. The van der Waals surface area contributed by atoms with E-state index in [0.717, 1.165) is 5.56 Å². The van der Waals surface area contributed by atoms with Gasteiger partial charge in [0.2, 0.25) is 0 Å². The molecular weight excluding hydrogens is 261 g/mol. The molecule has 0 saturated carbocycles. The van der Waals surface area contributed by atoms with Crippen molar-refractivity contribution in [1.29, 1.82) is 5.26 Å². The van der Waals surface area contributed by atoms with E-state index in [1.165, 1.54) is 0 Å². The average molecular weight is 265 g/mol. The predicted molar refractivity (Wildman–Crippen MR) is 53.5 cm³/mol. The minimum Gasteiger partial charge on any atom is -0.198 e. The molecule has 1 aromatic rings. The van der Waals surface area contributed by atoms with E-state index in [1.807, 2.05) is 6.07 Å². The highest BCUT2D eigenvalue weighted by atomic mass is 79.9. The van der Waals surface area contributed by atoms with E-state index >= 15 is 0 Å². The molecule has 0 aliphatic heterocycles. The van der Waals surface area contributed by atoms with Crippen molar-refractivity contribution in [2.75, 3.05) is 0 Å². The highest BCUT2D eigenvalue weighted by Gasteiger charge is 2.04. The molecule has 0 heterocycles. The van der Waals surface area contributed by atoms with Gasteiger partial charge in [0.25, 0.3) is 0 Å². The van der Waals surface area contributed by atoms with E-state index in [-0.39, 0.29) is 0 Å². The molecule has 0 fully saturated rings. The average Bonchev–Trinajstić information content (AvgIpc) is 2.01. The Morgan fingerprint density at radius 3 is 2.25 bits per heavy atom. The molecule has 0 aliphatic carbocycles. The van der Waals surface area contributed by atoms with Gasteiger partial charge in [0.05, 0.1) is 27.0 Å². The molecule has 0 amide bonds. The molecule has 1 nitrogen and oxygen atoms in total. The monoisotopic (exact) mass is 263 g/mol. The summed E-state index contributed by atoms with van der Waals surface area (Å²) in [5.74, 6) is 0. The number of rotatable bonds is 1. The SMILES string of the molecule is N#CCc1cc(Cl)c(Br)c(Cl)c1. The number of hydrogen-bond donors (Lipinski definition) is 0. The van der Waals surface area contributed by atoms with Crippen molar-refractivity contribution in [3.05, 3.63) is 32.2 Å². The van der Waals surface area contributed by atoms with E-state index in [1.54, 1.807) is 12.1 Å². The third-order valence-corrected chi connectivity index (χ3v) is 3.23. The second-order valence-electron chi connectivity index (χ2n) is 2.21. The first-order chi connectivity index (χ1) is 5.65. The third kappa shape index (κ3) is 2.13. The van der Waals surface area contributed by atoms with Crippen molar-refractivity contribution in [2.24, 2.45) is 0 Å². The summed E-state index contributed by atoms with van der Waals surface area (Å²) in [4.78, 5) is 0. The van der Waals surface area contributed by atoms with Crippen LogP contribution in [0.25, 0.3) is 0 Å². The molecule has 0 aromatic heterocycles. The smallest absolute Gasteiger partial charge is 0.0669 e. The van der Waals surface area contributed by atoms with Crippen LogP contribution in [0.5, 0.6) is 0 Å². The first kappa shape index (κ1) is 9.85. The molecule has 0 atom stereocenters. The standard InChI is InChI=1S/C8H4BrCl2N/c9-8-6(10)3-5(1-2-12)4-7(8)11/h3-4H,1H2. The zero-order valence-electron chi connectivity index (χ0n) is 5.94. The van der Waals surface area contributed by atoms with Gasteiger partial charge in [-0.25, -0.2) is 0 Å². The van der Waals surface area contributed by atoms with Gasteiger partial charge in [-0.2, -0.15) is 5.26 Å². The van der Waals surface area contributed by atoms with Crippen molar-refractivity contribution >= 4 is 39.1 Å². The summed E-state index contributed by atoms with van der Waals surface area (Å²) in [7, 11) is 0. The minimum atomic E-state index is 0.326. The largest absolute Gasteiger partial charge is 0.198 e. The maximum absolute atomic E-state index is 8.42. The third-order valence-electron chi connectivity index (χ3n) is 1.33. The van der Waals surface area contributed by atoms with Gasteiger partial charge in [-0.15, -0.1) is 0 Å². The summed E-state index contributed by atoms with van der Waals surface area (Å²) in [5, 5.41) is 9.49. The van der Waals surface area contributed by atoms with Crippen molar-refractivity contribution < 1.29 is 0 Å². The fourth-order valence-electron chi connectivity index (χ4n) is 0.801. The first-order valence-electron chi connectivity index (χ1n) is 3.15. The Balaban J connectivity index is 3.14. The lowest BCUT2D eigenvalue weighted by molar-refractivity contribution is 1.26. The molecule has 1 rings (SSSR count). The molecule has 0 N–H and O–H groups in total. The van der Waals surface area contributed by atoms with Crippen LogP contribution < -0.4 is 0 Å². The van der Waals surface area contributed by atoms with E-state index < -0.39 is 0 Å². The molecule has 0 unspecified atom stereocenters. The van der Waals surface area contributed by atoms with Crippen LogP contribution >= 0.6 is 39.1 Å². The zero-order valence-corrected chi connectivity index (χ0v) is 9.04. The van der Waals surface area contributed by atoms with Crippen LogP contribution in [0.4, 0.5) is 0 Å². The lowest BCUT2D eigenvalue weighted by Gasteiger charge is -2.01. The van der Waals surface area contributed by atoms with E-state index in [4.69, 9.17) is 28.5 Å². The second kappa shape index (κ2) is 4.13. The number of benzene rings is 1. The molecule has 0 radical (unpaired) electrons. The van der Waals surface area contributed by atoms with E-state index in [2.05, 4.69) is 15.9 Å². The van der Waals surface area contributed by atoms with Crippen LogP contribution in [-0.2, 0) is 6.42 Å². The van der Waals surface area contributed by atoms with Gasteiger partial charge in [0.1, 0.15) is 0 Å². The Labute approximate surface area is 89.0 Å². The fraction of sp³-hybridized carbons (Fsp3) is 0.125. The van der Waals surface area contributed by atoms with Crippen LogP contribution in [0.2, 0.25) is 10.0 Å². The summed E-state index contributed by atoms with van der Waals surface area (Å²) < 4.78 is 0.674. The van der Waals surface area contributed by atoms with Crippen LogP contribution in [0.1, 0.15) is 5.56 Å². The molecule has 0 spiro atoms. The van der Waals surface area contributed by atoms with Crippen molar-refractivity contribution in [3.63, 3.8) is 0 Å². The number of hydrogen-bond acceptors (Lipinski definition) is 1. The van der Waals surface area contributed by atoms with Gasteiger partial charge in [0, 0.05) is 0 Å². The second-order valence-corrected chi connectivity index (χ2v) is 3.82. The predicted octanol–water partition coefficient (Wildman–Crippen LogP) is 3.82. The summed E-state index contributed by atoms with van der Waals surface area (Å²) in [5.41, 5.74) is 0.829. The minimum absolute atomic E-state index is 0.326. The van der Waals surface area contributed by atoms with Gasteiger partial charge in [-0.05, 0) is 33.6 Å². The molecule has 0 bridgehead atoms. The fourth-order valence-corrected chi connectivity index (χ4v) is 1.56. The van der Waals surface area contributed by atoms with Crippen molar-refractivity contribution in [1.82, 2.24) is 0 Å². The van der Waals surface area contributed by atoms with Gasteiger partial charge >= 0.3 is 0 Å². The Morgan fingerprint density at radius 2 is 1.83 bits per heavy atom. The number of halogens is 3. The summed E-state index contributed by atoms with van der Waals surface area (Å²) in [6, 6.07) is 5.47. The van der Waals surface area contributed by atoms with E-state index in [0.29, 0.717) is 20.9 Å². The molecule has 0 saturated heterocycles. The zero-order chi connectivity index (χ0) is 9.14. The highest BCUT2D eigenvalue weighted by molar-refractivity contribution is 9.10. The maximum Gasteiger partial charge on any atom is 0.0669 e. The van der Waals surface area contributed by atoms with Gasteiger partial charge in [-0.3, -0.25) is 0 Å². The highest BCUT2D eigenvalue weighted by Crippen LogP contribution is 2.31. The van der Waals surface area contributed by atoms with Gasteiger partial charge in [-0.1, -0.05) is 23.2 Å². The molecule has 4 heteroatoms. The molecule has 0 aliphatic rings. The van der Waals surface area contributed by atoms with E-state index in [9.17, 15) is 0 Å². The van der Waals surface area contributed by atoms with Gasteiger partial charge in [0.15, 0.2) is 0 Å². The molecule has 62 valence electrons. The number of nitrogens with zero attached hydrogens (tertiary/aromatic N) is 1. The maximum atomic E-state index is 8.42. The Bertz CT molecular complexity index is 320. The van der Waals surface area contributed by atoms with Crippen LogP contribution in [-0.4, -0.2) is 0 Å². The topological polar surface area (TPSA) is 23.8 Å². The van der Waals surface area contributed by atoms with Crippen LogP contribution in [0, 0.1) is 11.3 Å².